The molecule has 2 fully saturated rings. The van der Waals surface area contributed by atoms with E-state index in [4.69, 9.17) is 4.98 Å². The molecule has 2 aromatic heterocycles. The quantitative estimate of drug-likeness (QED) is 0.554. The lowest BCUT2D eigenvalue weighted by atomic mass is 9.78. The first-order chi connectivity index (χ1) is 16.6. The van der Waals surface area contributed by atoms with E-state index < -0.39 is 0 Å². The number of hydrogen-bond donors (Lipinski definition) is 2. The van der Waals surface area contributed by atoms with Crippen molar-refractivity contribution in [2.45, 2.75) is 52.0 Å². The minimum atomic E-state index is 0.0320. The molecule has 1 atom stereocenters. The molecule has 1 aliphatic heterocycles. The van der Waals surface area contributed by atoms with Crippen molar-refractivity contribution in [3.8, 4) is 0 Å². The highest BCUT2D eigenvalue weighted by atomic mass is 16.1. The zero-order chi connectivity index (χ0) is 23.5. The molecule has 2 N–H and O–H groups in total. The Morgan fingerprint density at radius 2 is 1.79 bits per heavy atom. The van der Waals surface area contributed by atoms with Crippen molar-refractivity contribution in [1.82, 2.24) is 19.9 Å². The maximum atomic E-state index is 12.9. The Balaban J connectivity index is 1.36. The maximum Gasteiger partial charge on any atom is 0.252 e. The van der Waals surface area contributed by atoms with Crippen LogP contribution < -0.4 is 21.1 Å². The highest BCUT2D eigenvalue weighted by Gasteiger charge is 2.27. The summed E-state index contributed by atoms with van der Waals surface area (Å²) in [7, 11) is 0. The Labute approximate surface area is 201 Å². The van der Waals surface area contributed by atoms with E-state index in [1.165, 1.54) is 24.9 Å². The van der Waals surface area contributed by atoms with Gasteiger partial charge in [0.2, 0.25) is 5.95 Å². The fraction of sp³-hybridized carbons (Fsp3) is 0.519. The van der Waals surface area contributed by atoms with Gasteiger partial charge in [-0.2, -0.15) is 4.98 Å². The molecule has 1 aliphatic carbocycles. The first kappa shape index (κ1) is 22.8. The summed E-state index contributed by atoms with van der Waals surface area (Å²) in [5.41, 5.74) is 2.93. The summed E-state index contributed by atoms with van der Waals surface area (Å²) in [6.07, 6.45) is 7.47. The molecule has 1 saturated carbocycles. The zero-order valence-corrected chi connectivity index (χ0v) is 20.3. The molecule has 2 aliphatic rings. The van der Waals surface area contributed by atoms with Gasteiger partial charge in [0.15, 0.2) is 0 Å². The van der Waals surface area contributed by atoms with Crippen molar-refractivity contribution in [2.75, 3.05) is 36.4 Å². The van der Waals surface area contributed by atoms with Crippen molar-refractivity contribution in [2.24, 2.45) is 11.8 Å². The van der Waals surface area contributed by atoms with Gasteiger partial charge in [0, 0.05) is 61.2 Å². The van der Waals surface area contributed by atoms with E-state index in [2.05, 4.69) is 58.6 Å². The normalized spacial score (nSPS) is 22.0. The average Bonchev–Trinajstić information content (AvgIpc) is 2.89. The van der Waals surface area contributed by atoms with Crippen LogP contribution in [0.25, 0.3) is 11.0 Å². The van der Waals surface area contributed by atoms with Crippen LogP contribution in [0.2, 0.25) is 0 Å². The highest BCUT2D eigenvalue weighted by molar-refractivity contribution is 5.76. The first-order valence-corrected chi connectivity index (χ1v) is 12.8. The van der Waals surface area contributed by atoms with Crippen LogP contribution in [0, 0.1) is 11.8 Å². The second-order valence-electron chi connectivity index (χ2n) is 9.88. The van der Waals surface area contributed by atoms with Gasteiger partial charge in [-0.3, -0.25) is 9.36 Å². The second-order valence-corrected chi connectivity index (χ2v) is 9.88. The van der Waals surface area contributed by atoms with Crippen LogP contribution >= 0.6 is 0 Å². The van der Waals surface area contributed by atoms with Gasteiger partial charge in [0.05, 0.1) is 0 Å². The van der Waals surface area contributed by atoms with Gasteiger partial charge in [0.25, 0.3) is 5.56 Å². The lowest BCUT2D eigenvalue weighted by molar-refractivity contribution is 0.212. The molecule has 0 bridgehead atoms. The molecule has 0 radical (unpaired) electrons. The molecule has 3 heterocycles. The fourth-order valence-electron chi connectivity index (χ4n) is 5.52. The Hall–Kier alpha value is -2.93. The van der Waals surface area contributed by atoms with Crippen molar-refractivity contribution in [3.63, 3.8) is 0 Å². The number of rotatable bonds is 6. The Kier molecular flexibility index (Phi) is 6.81. The van der Waals surface area contributed by atoms with Gasteiger partial charge < -0.3 is 15.5 Å². The lowest BCUT2D eigenvalue weighted by Crippen LogP contribution is -2.43. The number of nitrogens with zero attached hydrogens (tertiary/aromatic N) is 4. The molecular weight excluding hydrogens is 424 g/mol. The number of nitrogens with one attached hydrogen (secondary N) is 2. The SMILES string of the molecule is CCC(C)C1CCC(n2c(=O)ccc3cnc(Nc4ccc(N5CCNCC5)cc4)nc32)CC1. The van der Waals surface area contributed by atoms with Gasteiger partial charge >= 0.3 is 0 Å². The summed E-state index contributed by atoms with van der Waals surface area (Å²) in [6.45, 7) is 8.72. The molecular formula is C27H36N6O. The first-order valence-electron chi connectivity index (χ1n) is 12.8. The van der Waals surface area contributed by atoms with Crippen LogP contribution in [0.15, 0.2) is 47.4 Å². The summed E-state index contributed by atoms with van der Waals surface area (Å²) < 4.78 is 1.92. The molecule has 0 amide bonds. The molecule has 1 saturated heterocycles. The van der Waals surface area contributed by atoms with Gasteiger partial charge in [-0.15, -0.1) is 0 Å². The molecule has 0 spiro atoms. The number of anilines is 3. The highest BCUT2D eigenvalue weighted by Crippen LogP contribution is 2.37. The maximum absolute atomic E-state index is 12.9. The smallest absolute Gasteiger partial charge is 0.252 e. The van der Waals surface area contributed by atoms with E-state index in [-0.39, 0.29) is 11.6 Å². The molecule has 3 aromatic rings. The summed E-state index contributed by atoms with van der Waals surface area (Å²) in [5, 5.41) is 7.63. The van der Waals surface area contributed by atoms with Gasteiger partial charge in [0.1, 0.15) is 5.65 Å². The van der Waals surface area contributed by atoms with E-state index in [0.29, 0.717) is 5.95 Å². The number of hydrogen-bond acceptors (Lipinski definition) is 6. The summed E-state index contributed by atoms with van der Waals surface area (Å²) in [5.74, 6) is 2.04. The number of fused-ring (bicyclic) bond motifs is 1. The van der Waals surface area contributed by atoms with Gasteiger partial charge in [-0.1, -0.05) is 20.3 Å². The third kappa shape index (κ3) is 4.80. The minimum absolute atomic E-state index is 0.0320. The Morgan fingerprint density at radius 3 is 2.50 bits per heavy atom. The van der Waals surface area contributed by atoms with Crippen LogP contribution in [-0.2, 0) is 0 Å². The standard InChI is InChI=1S/C27H36N6O/c1-3-19(2)20-4-9-24(10-5-20)33-25(34)13-6-21-18-29-27(31-26(21)33)30-22-7-11-23(12-8-22)32-16-14-28-15-17-32/h6-8,11-13,18-20,24,28H,3-5,9-10,14-17H2,1-2H3,(H,29,30,31). The Morgan fingerprint density at radius 1 is 1.06 bits per heavy atom. The van der Waals surface area contributed by atoms with E-state index in [1.807, 2.05) is 16.8 Å². The summed E-state index contributed by atoms with van der Waals surface area (Å²) >= 11 is 0. The largest absolute Gasteiger partial charge is 0.369 e. The lowest BCUT2D eigenvalue weighted by Gasteiger charge is -2.33. The van der Waals surface area contributed by atoms with Crippen LogP contribution in [-0.4, -0.2) is 40.7 Å². The third-order valence-corrected chi connectivity index (χ3v) is 7.83. The van der Waals surface area contributed by atoms with E-state index >= 15 is 0 Å². The molecule has 34 heavy (non-hydrogen) atoms. The summed E-state index contributed by atoms with van der Waals surface area (Å²) in [4.78, 5) is 24.7. The number of benzene rings is 1. The molecule has 1 unspecified atom stereocenters. The Bertz CT molecular complexity index is 1160. The zero-order valence-electron chi connectivity index (χ0n) is 20.3. The van der Waals surface area contributed by atoms with Crippen molar-refractivity contribution in [3.05, 3.63) is 52.9 Å². The van der Waals surface area contributed by atoms with Crippen molar-refractivity contribution >= 4 is 28.4 Å². The van der Waals surface area contributed by atoms with E-state index in [9.17, 15) is 4.79 Å². The topological polar surface area (TPSA) is 75.1 Å². The molecule has 5 rings (SSSR count). The minimum Gasteiger partial charge on any atom is -0.369 e. The average molecular weight is 461 g/mol. The van der Waals surface area contributed by atoms with E-state index in [0.717, 1.165) is 67.6 Å². The summed E-state index contributed by atoms with van der Waals surface area (Å²) in [6, 6.07) is 12.1. The monoisotopic (exact) mass is 460 g/mol. The van der Waals surface area contributed by atoms with Crippen LogP contribution in [0.5, 0.6) is 0 Å². The fourth-order valence-corrected chi connectivity index (χ4v) is 5.52. The second kappa shape index (κ2) is 10.1. The van der Waals surface area contributed by atoms with E-state index in [1.54, 1.807) is 6.07 Å². The van der Waals surface area contributed by atoms with Crippen molar-refractivity contribution in [1.29, 1.82) is 0 Å². The molecule has 7 nitrogen and oxygen atoms in total. The van der Waals surface area contributed by atoms with Crippen LogP contribution in [0.3, 0.4) is 0 Å². The molecule has 7 heteroatoms. The van der Waals surface area contributed by atoms with Crippen LogP contribution in [0.1, 0.15) is 52.0 Å². The van der Waals surface area contributed by atoms with Gasteiger partial charge in [-0.25, -0.2) is 4.98 Å². The number of piperazine rings is 1. The number of aromatic nitrogens is 3. The van der Waals surface area contributed by atoms with Crippen molar-refractivity contribution < 1.29 is 0 Å². The molecule has 180 valence electrons. The molecule has 1 aromatic carbocycles. The predicted molar refractivity (Wildman–Crippen MR) is 139 cm³/mol. The van der Waals surface area contributed by atoms with Gasteiger partial charge in [-0.05, 0) is 67.9 Å². The predicted octanol–water partition coefficient (Wildman–Crippen LogP) is 4.72. The van der Waals surface area contributed by atoms with Crippen LogP contribution in [0.4, 0.5) is 17.3 Å². The number of pyridine rings is 1. The third-order valence-electron chi connectivity index (χ3n) is 7.83.